The van der Waals surface area contributed by atoms with E-state index in [1.807, 2.05) is 0 Å². The number of phenolic OH excluding ortho intramolecular Hbond substituents is 2. The Morgan fingerprint density at radius 1 is 0.769 bits per heavy atom. The van der Waals surface area contributed by atoms with Crippen molar-refractivity contribution < 1.29 is 49.4 Å². The molecule has 0 aromatic heterocycles. The molecule has 39 heavy (non-hydrogen) atoms. The van der Waals surface area contributed by atoms with Crippen LogP contribution in [0.4, 0.5) is 0 Å². The normalized spacial score (nSPS) is 40.6. The summed E-state index contributed by atoms with van der Waals surface area (Å²) in [5.74, 6) is -9.01. The zero-order valence-corrected chi connectivity index (χ0v) is 20.7. The summed E-state index contributed by atoms with van der Waals surface area (Å²) in [7, 11) is 0. The third kappa shape index (κ3) is 2.02. The van der Waals surface area contributed by atoms with Crippen molar-refractivity contribution in [3.8, 4) is 11.5 Å². The minimum Gasteiger partial charge on any atom is -0.507 e. The van der Waals surface area contributed by atoms with Crippen molar-refractivity contribution in [3.63, 3.8) is 0 Å². The van der Waals surface area contributed by atoms with E-state index in [0.29, 0.717) is 11.1 Å². The molecule has 6 aliphatic rings. The van der Waals surface area contributed by atoms with Gasteiger partial charge in [0.15, 0.2) is 28.6 Å². The lowest BCUT2D eigenvalue weighted by molar-refractivity contribution is -0.139. The maximum absolute atomic E-state index is 14.3. The predicted octanol–water partition coefficient (Wildman–Crippen LogP) is 1.32. The summed E-state index contributed by atoms with van der Waals surface area (Å²) in [5, 5.41) is 56.0. The molecule has 1 spiro atoms. The minimum absolute atomic E-state index is 0.0666. The zero-order valence-electron chi connectivity index (χ0n) is 20.7. The number of fused-ring (bicyclic) bond motifs is 3. The summed E-state index contributed by atoms with van der Waals surface area (Å²) in [6.07, 6.45) is -3.55. The second-order valence-corrected chi connectivity index (χ2v) is 11.8. The summed E-state index contributed by atoms with van der Waals surface area (Å²) in [6.45, 7) is 3.26. The smallest absolute Gasteiger partial charge is 0.203 e. The first-order valence-electron chi connectivity index (χ1n) is 12.7. The van der Waals surface area contributed by atoms with Gasteiger partial charge in [-0.3, -0.25) is 19.2 Å². The zero-order chi connectivity index (χ0) is 27.7. The molecule has 8 atom stereocenters. The van der Waals surface area contributed by atoms with Crippen molar-refractivity contribution in [3.05, 3.63) is 63.2 Å². The van der Waals surface area contributed by atoms with Crippen molar-refractivity contribution in [2.45, 2.75) is 43.7 Å². The van der Waals surface area contributed by atoms with Gasteiger partial charge in [0.05, 0.1) is 40.2 Å². The number of ether oxygens (including phenoxy) is 1. The van der Waals surface area contributed by atoms with Crippen LogP contribution in [-0.4, -0.2) is 72.1 Å². The maximum Gasteiger partial charge on any atom is 0.203 e. The molecule has 2 bridgehead atoms. The first-order chi connectivity index (χ1) is 18.4. The van der Waals surface area contributed by atoms with Crippen LogP contribution in [-0.2, 0) is 9.53 Å². The van der Waals surface area contributed by atoms with Crippen molar-refractivity contribution in [2.75, 3.05) is 0 Å². The van der Waals surface area contributed by atoms with E-state index in [-0.39, 0.29) is 22.3 Å². The Bertz CT molecular complexity index is 1720. The molecular weight excluding hydrogens is 508 g/mol. The minimum atomic E-state index is -2.23. The summed E-state index contributed by atoms with van der Waals surface area (Å²) in [6, 6.07) is 5.51. The fourth-order valence-electron chi connectivity index (χ4n) is 8.98. The van der Waals surface area contributed by atoms with Crippen LogP contribution in [0.25, 0.3) is 5.76 Å². The van der Waals surface area contributed by atoms with Crippen LogP contribution in [0.2, 0.25) is 0 Å². The molecule has 5 aliphatic carbocycles. The third-order valence-electron chi connectivity index (χ3n) is 10.1. The Balaban J connectivity index is 1.47. The number of carbonyl (C=O) groups is 4. The van der Waals surface area contributed by atoms with E-state index in [2.05, 4.69) is 0 Å². The molecule has 10 heteroatoms. The van der Waals surface area contributed by atoms with Gasteiger partial charge in [-0.25, -0.2) is 0 Å². The summed E-state index contributed by atoms with van der Waals surface area (Å²) in [5.41, 5.74) is -6.31. The van der Waals surface area contributed by atoms with Crippen LogP contribution in [0.5, 0.6) is 11.5 Å². The van der Waals surface area contributed by atoms with Crippen LogP contribution in [0.15, 0.2) is 29.8 Å². The van der Waals surface area contributed by atoms with E-state index in [9.17, 15) is 44.7 Å². The molecule has 8 rings (SSSR count). The molecule has 198 valence electrons. The van der Waals surface area contributed by atoms with Crippen LogP contribution in [0.1, 0.15) is 54.2 Å². The number of allylic oxidation sites excluding steroid dienone is 1. The van der Waals surface area contributed by atoms with E-state index in [4.69, 9.17) is 4.74 Å². The molecule has 2 aromatic rings. The van der Waals surface area contributed by atoms with Crippen molar-refractivity contribution in [2.24, 2.45) is 23.2 Å². The highest BCUT2D eigenvalue weighted by molar-refractivity contribution is 6.30. The molecule has 0 amide bonds. The molecule has 4 fully saturated rings. The van der Waals surface area contributed by atoms with Gasteiger partial charge < -0.3 is 30.3 Å². The van der Waals surface area contributed by atoms with Gasteiger partial charge >= 0.3 is 0 Å². The lowest BCUT2D eigenvalue weighted by Crippen LogP contribution is -2.70. The van der Waals surface area contributed by atoms with E-state index >= 15 is 0 Å². The number of hydrogen-bond donors (Lipinski definition) is 5. The topological polar surface area (TPSA) is 182 Å². The van der Waals surface area contributed by atoms with Crippen molar-refractivity contribution in [1.29, 1.82) is 0 Å². The number of epoxide rings is 1. The number of phenols is 2. The SMILES string of the molecule is Cc1cc(O)c2c(c1)C(=O)[C@@]13O[C@]1(C2=O)[C@H]1C(=O)C2=C(O)c4c(O)cc(C)cc4C(=O)[C@@]24C[C@H](O)[C@@H]3[C@@H]4[C@H]1O. The number of aliphatic hydroxyl groups excluding tert-OH is 3. The third-order valence-corrected chi connectivity index (χ3v) is 10.1. The molecule has 1 saturated heterocycles. The highest BCUT2D eigenvalue weighted by Crippen LogP contribution is 2.78. The Morgan fingerprint density at radius 2 is 1.36 bits per heavy atom. The Morgan fingerprint density at radius 3 is 2.00 bits per heavy atom. The number of aryl methyl sites for hydroxylation is 2. The molecule has 2 aromatic carbocycles. The van der Waals surface area contributed by atoms with Gasteiger partial charge in [-0.2, -0.15) is 0 Å². The average molecular weight is 530 g/mol. The molecule has 10 nitrogen and oxygen atoms in total. The Hall–Kier alpha value is -3.86. The number of aromatic hydroxyl groups is 2. The average Bonchev–Trinajstić information content (AvgIpc) is 3.45. The lowest BCUT2D eigenvalue weighted by atomic mass is 9.44. The van der Waals surface area contributed by atoms with E-state index in [0.717, 1.165) is 0 Å². The quantitative estimate of drug-likeness (QED) is 0.312. The molecule has 0 radical (unpaired) electrons. The summed E-state index contributed by atoms with van der Waals surface area (Å²) in [4.78, 5) is 56.8. The first kappa shape index (κ1) is 23.1. The molecule has 1 aliphatic heterocycles. The van der Waals surface area contributed by atoms with Crippen molar-refractivity contribution in [1.82, 2.24) is 0 Å². The van der Waals surface area contributed by atoms with Gasteiger partial charge in [-0.05, 0) is 55.7 Å². The number of benzene rings is 2. The largest absolute Gasteiger partial charge is 0.507 e. The van der Waals surface area contributed by atoms with Gasteiger partial charge in [0.25, 0.3) is 0 Å². The fraction of sp³-hybridized carbons (Fsp3) is 0.379. The predicted molar refractivity (Wildman–Crippen MR) is 129 cm³/mol. The highest BCUT2D eigenvalue weighted by atomic mass is 16.6. The summed E-state index contributed by atoms with van der Waals surface area (Å²) < 4.78 is 6.05. The first-order valence-corrected chi connectivity index (χ1v) is 12.7. The fourth-order valence-corrected chi connectivity index (χ4v) is 8.98. The van der Waals surface area contributed by atoms with Crippen LogP contribution >= 0.6 is 0 Å². The Labute approximate surface area is 220 Å². The Kier molecular flexibility index (Phi) is 3.73. The van der Waals surface area contributed by atoms with E-state index in [1.165, 1.54) is 24.3 Å². The number of rotatable bonds is 0. The molecule has 5 N–H and O–H groups in total. The van der Waals surface area contributed by atoms with Gasteiger partial charge in [-0.1, -0.05) is 0 Å². The van der Waals surface area contributed by atoms with Crippen molar-refractivity contribution >= 4 is 28.9 Å². The van der Waals surface area contributed by atoms with Gasteiger partial charge in [-0.15, -0.1) is 0 Å². The monoisotopic (exact) mass is 530 g/mol. The molecule has 3 saturated carbocycles. The lowest BCUT2D eigenvalue weighted by Gasteiger charge is -2.53. The van der Waals surface area contributed by atoms with Gasteiger partial charge in [0.1, 0.15) is 17.3 Å². The van der Waals surface area contributed by atoms with Crippen LogP contribution in [0, 0.1) is 37.0 Å². The molecule has 1 heterocycles. The van der Waals surface area contributed by atoms with Gasteiger partial charge in [0, 0.05) is 23.0 Å². The molecular formula is C29H22O10. The van der Waals surface area contributed by atoms with E-state index < -0.39 is 99.0 Å². The number of aliphatic hydroxyl groups is 3. The maximum atomic E-state index is 14.3. The number of carbonyl (C=O) groups excluding carboxylic acids is 4. The van der Waals surface area contributed by atoms with E-state index in [1.54, 1.807) is 13.8 Å². The van der Waals surface area contributed by atoms with Crippen LogP contribution in [0.3, 0.4) is 0 Å². The number of hydrogen-bond acceptors (Lipinski definition) is 10. The van der Waals surface area contributed by atoms with Crippen LogP contribution < -0.4 is 0 Å². The second-order valence-electron chi connectivity index (χ2n) is 11.8. The summed E-state index contributed by atoms with van der Waals surface area (Å²) >= 11 is 0. The standard InChI is InChI=1S/C29H22O10/c1-8-3-10-15(12(30)5-8)21(33)19-23(35)20-22(34)18-17(14(32)7-27(18,19)24(10)36)28-25(37)11-4-9(2)6-13(31)16(11)26(38)29(20,28)39-28/h3-6,14,17-18,20,22,30-34H,7H2,1-2H3/t14-,17+,18+,20+,22+,27+,28+,29-/m0/s1. The van der Waals surface area contributed by atoms with Gasteiger partial charge in [0.2, 0.25) is 5.78 Å². The second kappa shape index (κ2) is 6.30. The number of ketones is 4. The molecule has 0 unspecified atom stereocenters. The number of Topliss-reactive ketones (excluding diaryl/α,β-unsaturated/α-hetero) is 4. The highest BCUT2D eigenvalue weighted by Gasteiger charge is 2.95.